The molecule has 16 nitrogen and oxygen atoms in total. The van der Waals surface area contributed by atoms with Crippen LogP contribution < -0.4 is 25.4 Å². The van der Waals surface area contributed by atoms with Gasteiger partial charge in [-0.15, -0.1) is 0 Å². The van der Waals surface area contributed by atoms with E-state index in [1.807, 2.05) is 30.0 Å². The number of ether oxygens (including phenoxy) is 4. The molecule has 8 aliphatic rings. The second kappa shape index (κ2) is 23.6. The van der Waals surface area contributed by atoms with E-state index in [0.717, 1.165) is 96.6 Å². The SMILES string of the molecule is CCNC1CCC(O)(CCC2C3(CCC(CNC)C3)CCC23SSCC24OC(Oc5c(CCC(=O)OCC)cc6ccoc6c5OCCNC3CCC(C)CCCC2O)C2(O)C3C(C=CC(O)C3CO)CC4(O)C2O)CC1. The molecule has 3 spiro atoms. The Kier molecular flexibility index (Phi) is 17.8. The maximum Gasteiger partial charge on any atom is 0.306 e. The van der Waals surface area contributed by atoms with Crippen molar-refractivity contribution in [1.29, 1.82) is 0 Å². The number of rotatable bonds is 12. The molecule has 4 heterocycles. The molecule has 0 radical (unpaired) electrons. The van der Waals surface area contributed by atoms with Gasteiger partial charge >= 0.3 is 5.97 Å². The predicted molar refractivity (Wildman–Crippen MR) is 297 cm³/mol. The first-order valence-corrected chi connectivity index (χ1v) is 31.9. The van der Waals surface area contributed by atoms with Gasteiger partial charge in [-0.2, -0.15) is 0 Å². The van der Waals surface area contributed by atoms with Crippen LogP contribution in [-0.4, -0.2) is 158 Å². The zero-order chi connectivity index (χ0) is 54.4. The number of carbonyl (C=O) groups excluding carboxylic acids is 1. The summed E-state index contributed by atoms with van der Waals surface area (Å²) in [4.78, 5) is 13.1. The highest BCUT2D eigenvalue weighted by Gasteiger charge is 2.78. The number of hydrogen-bond donors (Lipinski definition) is 10. The van der Waals surface area contributed by atoms with Crippen LogP contribution in [0, 0.1) is 40.9 Å². The topological polar surface area (TPSA) is 245 Å². The monoisotopic (exact) mass is 1110 g/mol. The van der Waals surface area contributed by atoms with E-state index < -0.39 is 82.1 Å². The molecule has 432 valence electrons. The number of fused-ring (bicyclic) bond motifs is 11. The van der Waals surface area contributed by atoms with Crippen molar-refractivity contribution in [3.63, 3.8) is 0 Å². The molecule has 0 amide bonds. The second-order valence-electron chi connectivity index (χ2n) is 25.1. The van der Waals surface area contributed by atoms with Gasteiger partial charge < -0.3 is 75.1 Å². The Balaban J connectivity index is 1.14. The molecule has 16 atom stereocenters. The quantitative estimate of drug-likeness (QED) is 0.0636. The van der Waals surface area contributed by atoms with Gasteiger partial charge in [0.1, 0.15) is 23.9 Å². The molecular weight excluding hydrogens is 1020 g/mol. The zero-order valence-electron chi connectivity index (χ0n) is 46.1. The van der Waals surface area contributed by atoms with Gasteiger partial charge in [0.25, 0.3) is 0 Å². The van der Waals surface area contributed by atoms with E-state index in [9.17, 15) is 40.5 Å². The Hall–Kier alpha value is -2.17. The van der Waals surface area contributed by atoms with Crippen LogP contribution in [0.2, 0.25) is 0 Å². The minimum atomic E-state index is -2.49. The normalized spacial score (nSPS) is 43.4. The fourth-order valence-corrected chi connectivity index (χ4v) is 21.1. The number of hydrogen-bond acceptors (Lipinski definition) is 18. The zero-order valence-corrected chi connectivity index (χ0v) is 47.7. The molecule has 77 heavy (non-hydrogen) atoms. The summed E-state index contributed by atoms with van der Waals surface area (Å²) in [5.74, 6) is -1.88. The van der Waals surface area contributed by atoms with Crippen LogP contribution in [0.25, 0.3) is 11.0 Å². The molecule has 2 saturated heterocycles. The molecule has 10 N–H and O–H groups in total. The van der Waals surface area contributed by atoms with E-state index in [4.69, 9.17) is 23.4 Å². The molecule has 16 unspecified atom stereocenters. The minimum absolute atomic E-state index is 0.00760. The van der Waals surface area contributed by atoms with Crippen molar-refractivity contribution < 1.29 is 63.9 Å². The van der Waals surface area contributed by atoms with Gasteiger partial charge in [0.15, 0.2) is 16.9 Å². The molecule has 1 aromatic heterocycles. The second-order valence-corrected chi connectivity index (χ2v) is 27.7. The van der Waals surface area contributed by atoms with Crippen LogP contribution in [0.1, 0.15) is 142 Å². The number of allylic oxidation sites excluding steroid dienone is 1. The highest BCUT2D eigenvalue weighted by molar-refractivity contribution is 8.77. The molecule has 5 bridgehead atoms. The Labute approximate surface area is 463 Å². The minimum Gasteiger partial charge on any atom is -0.485 e. The molecular formula is C59H91N3O13S2. The van der Waals surface area contributed by atoms with Crippen molar-refractivity contribution >= 4 is 38.5 Å². The van der Waals surface area contributed by atoms with E-state index in [1.54, 1.807) is 36.1 Å². The molecule has 5 aliphatic carbocycles. The molecule has 2 aromatic rings. The lowest BCUT2D eigenvalue weighted by atomic mass is 9.50. The summed E-state index contributed by atoms with van der Waals surface area (Å²) in [5, 5.41) is 101. The lowest BCUT2D eigenvalue weighted by Crippen LogP contribution is -2.86. The maximum absolute atomic E-state index is 13.8. The van der Waals surface area contributed by atoms with Gasteiger partial charge in [0.2, 0.25) is 12.0 Å². The number of aryl methyl sites for hydroxylation is 1. The summed E-state index contributed by atoms with van der Waals surface area (Å²) in [5.41, 5.74) is -6.60. The standard InChI is InChI=1S/C59H91N3O13S2/c1-5-61-41-17-22-55(68,23-18-41)24-19-44-54(21-16-37(31-54)33-60-4)25-26-56(44)45-14-10-36(3)8-7-9-46(65)58(35-76-77-56)57(69)32-40-11-13-43(64)42(34-63)48(40)59(70,52(57)67)53(75-58)74-50-38(12-15-47(66)71-6-2)30-39-20-28-72-49(39)51(50)73-29-27-62-45/h11,13,20,28,30,36-37,40-46,48,52-53,60-65,67-70H,5-10,12,14-19,21-27,29,31-35H2,1-4H3. The highest BCUT2D eigenvalue weighted by Crippen LogP contribution is 2.69. The molecule has 3 aliphatic heterocycles. The predicted octanol–water partition coefficient (Wildman–Crippen LogP) is 6.31. The Bertz CT molecular complexity index is 2370. The van der Waals surface area contributed by atoms with Crippen LogP contribution in [0.15, 0.2) is 35.0 Å². The van der Waals surface area contributed by atoms with Crippen LogP contribution in [0.4, 0.5) is 0 Å². The lowest BCUT2D eigenvalue weighted by molar-refractivity contribution is -0.424. The first-order valence-electron chi connectivity index (χ1n) is 29.6. The van der Waals surface area contributed by atoms with Crippen LogP contribution >= 0.6 is 21.6 Å². The Morgan fingerprint density at radius 2 is 1.78 bits per heavy atom. The summed E-state index contributed by atoms with van der Waals surface area (Å²) in [7, 11) is 5.45. The van der Waals surface area contributed by atoms with E-state index in [0.29, 0.717) is 53.8 Å². The van der Waals surface area contributed by atoms with Crippen molar-refractivity contribution in [2.24, 2.45) is 40.9 Å². The number of aliphatic hydroxyl groups excluding tert-OH is 4. The van der Waals surface area contributed by atoms with Crippen molar-refractivity contribution in [2.45, 2.75) is 207 Å². The highest BCUT2D eigenvalue weighted by atomic mass is 33.1. The number of aliphatic hydroxyl groups is 7. The van der Waals surface area contributed by atoms with Gasteiger partial charge in [-0.3, -0.25) is 4.79 Å². The number of benzene rings is 1. The summed E-state index contributed by atoms with van der Waals surface area (Å²) >= 11 is 0. The molecule has 10 rings (SSSR count). The molecule has 4 saturated carbocycles. The average Bonchev–Trinajstić information content (AvgIpc) is 4.27. The van der Waals surface area contributed by atoms with Crippen molar-refractivity contribution in [2.75, 3.05) is 52.3 Å². The van der Waals surface area contributed by atoms with Gasteiger partial charge in [-0.25, -0.2) is 0 Å². The Morgan fingerprint density at radius 1 is 0.961 bits per heavy atom. The first-order chi connectivity index (χ1) is 37.0. The summed E-state index contributed by atoms with van der Waals surface area (Å²) in [6.45, 7) is 8.32. The van der Waals surface area contributed by atoms with E-state index in [1.165, 1.54) is 0 Å². The van der Waals surface area contributed by atoms with Crippen LogP contribution in [0.3, 0.4) is 0 Å². The van der Waals surface area contributed by atoms with E-state index in [2.05, 4.69) is 29.8 Å². The van der Waals surface area contributed by atoms with Gasteiger partial charge in [0.05, 0.1) is 30.7 Å². The number of furan rings is 1. The lowest BCUT2D eigenvalue weighted by Gasteiger charge is -2.67. The largest absolute Gasteiger partial charge is 0.485 e. The third kappa shape index (κ3) is 10.6. The average molecular weight is 1110 g/mol. The smallest absolute Gasteiger partial charge is 0.306 e. The van der Waals surface area contributed by atoms with Crippen LogP contribution in [0.5, 0.6) is 11.5 Å². The maximum atomic E-state index is 13.8. The van der Waals surface area contributed by atoms with Gasteiger partial charge in [0, 0.05) is 59.4 Å². The third-order valence-electron chi connectivity index (χ3n) is 20.8. The fraction of sp³-hybridized carbons (Fsp3) is 0.814. The molecule has 6 fully saturated rings. The van der Waals surface area contributed by atoms with Gasteiger partial charge in [-0.05, 0) is 177 Å². The Morgan fingerprint density at radius 3 is 2.55 bits per heavy atom. The van der Waals surface area contributed by atoms with Crippen LogP contribution in [-0.2, 0) is 20.7 Å². The fourth-order valence-electron chi connectivity index (χ4n) is 16.8. The molecule has 18 heteroatoms. The first kappa shape index (κ1) is 58.0. The number of carbonyl (C=O) groups is 1. The third-order valence-corrected chi connectivity index (χ3v) is 24.1. The number of esters is 1. The summed E-state index contributed by atoms with van der Waals surface area (Å²) < 4.78 is 32.6. The summed E-state index contributed by atoms with van der Waals surface area (Å²) in [6.07, 6.45) is 12.2. The number of nitrogens with one attached hydrogen (secondary N) is 3. The summed E-state index contributed by atoms with van der Waals surface area (Å²) in [6, 6.07) is 4.05. The van der Waals surface area contributed by atoms with Crippen molar-refractivity contribution in [3.8, 4) is 11.5 Å². The van der Waals surface area contributed by atoms with E-state index in [-0.39, 0.29) is 73.5 Å². The van der Waals surface area contributed by atoms with E-state index >= 15 is 0 Å². The van der Waals surface area contributed by atoms with Crippen molar-refractivity contribution in [3.05, 3.63) is 36.1 Å². The van der Waals surface area contributed by atoms with Crippen molar-refractivity contribution in [1.82, 2.24) is 16.0 Å². The molecule has 1 aromatic carbocycles. The van der Waals surface area contributed by atoms with Gasteiger partial charge in [-0.1, -0.05) is 60.4 Å².